The SMILES string of the molecule is CCCn1c(SCC(=O)NC2CC2)nnc1-c1cccnc1. The molecule has 1 amide bonds. The lowest BCUT2D eigenvalue weighted by Crippen LogP contribution is -2.27. The van der Waals surface area contributed by atoms with Gasteiger partial charge in [-0.3, -0.25) is 9.78 Å². The van der Waals surface area contributed by atoms with Gasteiger partial charge in [0.15, 0.2) is 11.0 Å². The Morgan fingerprint density at radius 2 is 2.32 bits per heavy atom. The van der Waals surface area contributed by atoms with Gasteiger partial charge >= 0.3 is 0 Å². The molecule has 1 saturated carbocycles. The van der Waals surface area contributed by atoms with Crippen LogP contribution in [0.15, 0.2) is 29.7 Å². The molecule has 0 saturated heterocycles. The molecule has 0 atom stereocenters. The number of pyridine rings is 1. The van der Waals surface area contributed by atoms with Gasteiger partial charge in [0.05, 0.1) is 5.75 Å². The zero-order valence-electron chi connectivity index (χ0n) is 12.5. The fourth-order valence-corrected chi connectivity index (χ4v) is 2.93. The van der Waals surface area contributed by atoms with Crippen LogP contribution < -0.4 is 5.32 Å². The van der Waals surface area contributed by atoms with Gasteiger partial charge in [0.2, 0.25) is 5.91 Å². The second kappa shape index (κ2) is 6.91. The standard InChI is InChI=1S/C15H19N5OS/c1-2-8-20-14(11-4-3-7-16-9-11)18-19-15(20)22-10-13(21)17-12-5-6-12/h3-4,7,9,12H,2,5-6,8,10H2,1H3,(H,17,21). The Balaban J connectivity index is 1.73. The minimum Gasteiger partial charge on any atom is -0.353 e. The van der Waals surface area contributed by atoms with Crippen LogP contribution in [0.5, 0.6) is 0 Å². The fraction of sp³-hybridized carbons (Fsp3) is 0.467. The number of thioether (sulfide) groups is 1. The predicted octanol–water partition coefficient (Wildman–Crippen LogP) is 2.12. The Bertz CT molecular complexity index is 639. The number of nitrogens with one attached hydrogen (secondary N) is 1. The van der Waals surface area contributed by atoms with E-state index in [2.05, 4.69) is 32.0 Å². The molecule has 0 aromatic carbocycles. The lowest BCUT2D eigenvalue weighted by Gasteiger charge is -2.08. The molecule has 1 fully saturated rings. The lowest BCUT2D eigenvalue weighted by molar-refractivity contribution is -0.118. The van der Waals surface area contributed by atoms with Crippen LogP contribution >= 0.6 is 11.8 Å². The monoisotopic (exact) mass is 317 g/mol. The number of carbonyl (C=O) groups excluding carboxylic acids is 1. The first-order chi connectivity index (χ1) is 10.8. The maximum absolute atomic E-state index is 11.8. The molecular formula is C15H19N5OS. The van der Waals surface area contributed by atoms with Gasteiger partial charge in [0.25, 0.3) is 0 Å². The molecule has 0 spiro atoms. The van der Waals surface area contributed by atoms with E-state index in [0.29, 0.717) is 11.8 Å². The summed E-state index contributed by atoms with van der Waals surface area (Å²) in [5, 5.41) is 12.3. The number of hydrogen-bond acceptors (Lipinski definition) is 5. The van der Waals surface area contributed by atoms with Gasteiger partial charge < -0.3 is 9.88 Å². The summed E-state index contributed by atoms with van der Waals surface area (Å²) < 4.78 is 2.06. The van der Waals surface area contributed by atoms with Crippen molar-refractivity contribution in [3.8, 4) is 11.4 Å². The van der Waals surface area contributed by atoms with Crippen LogP contribution in [0.25, 0.3) is 11.4 Å². The van der Waals surface area contributed by atoms with Gasteiger partial charge in [-0.25, -0.2) is 0 Å². The van der Waals surface area contributed by atoms with E-state index in [4.69, 9.17) is 0 Å². The zero-order valence-corrected chi connectivity index (χ0v) is 13.3. The Kier molecular flexibility index (Phi) is 4.72. The quantitative estimate of drug-likeness (QED) is 0.792. The van der Waals surface area contributed by atoms with Gasteiger partial charge in [-0.2, -0.15) is 0 Å². The Hall–Kier alpha value is -1.89. The van der Waals surface area contributed by atoms with Crippen LogP contribution in [0.4, 0.5) is 0 Å². The molecule has 116 valence electrons. The summed E-state index contributed by atoms with van der Waals surface area (Å²) in [6.45, 7) is 2.94. The third-order valence-corrected chi connectivity index (χ3v) is 4.33. The van der Waals surface area contributed by atoms with Gasteiger partial charge in [0.1, 0.15) is 0 Å². The fourth-order valence-electron chi connectivity index (χ4n) is 2.16. The van der Waals surface area contributed by atoms with E-state index >= 15 is 0 Å². The number of aromatic nitrogens is 4. The summed E-state index contributed by atoms with van der Waals surface area (Å²) in [6, 6.07) is 4.25. The van der Waals surface area contributed by atoms with Crippen molar-refractivity contribution in [3.05, 3.63) is 24.5 Å². The summed E-state index contributed by atoms with van der Waals surface area (Å²) in [7, 11) is 0. The molecule has 2 aromatic rings. The summed E-state index contributed by atoms with van der Waals surface area (Å²) in [4.78, 5) is 15.9. The first-order valence-electron chi connectivity index (χ1n) is 7.53. The Labute approximate surface area is 133 Å². The molecule has 3 rings (SSSR count). The number of nitrogens with zero attached hydrogens (tertiary/aromatic N) is 4. The molecule has 1 aliphatic rings. The van der Waals surface area contributed by atoms with Crippen molar-refractivity contribution >= 4 is 17.7 Å². The molecule has 1 N–H and O–H groups in total. The number of hydrogen-bond donors (Lipinski definition) is 1. The molecule has 0 radical (unpaired) electrons. The van der Waals surface area contributed by atoms with E-state index < -0.39 is 0 Å². The average molecular weight is 317 g/mol. The molecule has 0 bridgehead atoms. The Morgan fingerprint density at radius 1 is 1.45 bits per heavy atom. The van der Waals surface area contributed by atoms with Crippen molar-refractivity contribution in [1.82, 2.24) is 25.1 Å². The average Bonchev–Trinajstić information content (AvgIpc) is 3.26. The highest BCUT2D eigenvalue weighted by molar-refractivity contribution is 7.99. The van der Waals surface area contributed by atoms with Crippen LogP contribution in [0.2, 0.25) is 0 Å². The van der Waals surface area contributed by atoms with Crippen LogP contribution in [0, 0.1) is 0 Å². The molecule has 0 unspecified atom stereocenters. The van der Waals surface area contributed by atoms with Crippen molar-refractivity contribution in [1.29, 1.82) is 0 Å². The Morgan fingerprint density at radius 3 is 3.00 bits per heavy atom. The maximum atomic E-state index is 11.8. The normalized spacial score (nSPS) is 14.0. The van der Waals surface area contributed by atoms with Gasteiger partial charge in [0, 0.05) is 30.5 Å². The first-order valence-corrected chi connectivity index (χ1v) is 8.52. The summed E-state index contributed by atoms with van der Waals surface area (Å²) in [5.41, 5.74) is 0.942. The smallest absolute Gasteiger partial charge is 0.230 e. The summed E-state index contributed by atoms with van der Waals surface area (Å²) in [5.74, 6) is 1.26. The van der Waals surface area contributed by atoms with E-state index in [1.807, 2.05) is 12.1 Å². The molecule has 7 heteroatoms. The highest BCUT2D eigenvalue weighted by atomic mass is 32.2. The lowest BCUT2D eigenvalue weighted by atomic mass is 10.2. The summed E-state index contributed by atoms with van der Waals surface area (Å²) >= 11 is 1.44. The van der Waals surface area contributed by atoms with Crippen LogP contribution in [-0.4, -0.2) is 37.5 Å². The van der Waals surface area contributed by atoms with Crippen molar-refractivity contribution in [2.75, 3.05) is 5.75 Å². The third kappa shape index (κ3) is 3.65. The number of amides is 1. The number of rotatable bonds is 7. The topological polar surface area (TPSA) is 72.7 Å². The van der Waals surface area contributed by atoms with Crippen molar-refractivity contribution in [2.24, 2.45) is 0 Å². The van der Waals surface area contributed by atoms with E-state index in [1.165, 1.54) is 11.8 Å². The molecular weight excluding hydrogens is 298 g/mol. The van der Waals surface area contributed by atoms with Crippen molar-refractivity contribution < 1.29 is 4.79 Å². The van der Waals surface area contributed by atoms with Crippen LogP contribution in [0.3, 0.4) is 0 Å². The predicted molar refractivity (Wildman–Crippen MR) is 85.4 cm³/mol. The zero-order chi connectivity index (χ0) is 15.4. The molecule has 2 heterocycles. The van der Waals surface area contributed by atoms with E-state index in [1.54, 1.807) is 12.4 Å². The highest BCUT2D eigenvalue weighted by Crippen LogP contribution is 2.24. The van der Waals surface area contributed by atoms with Crippen molar-refractivity contribution in [3.63, 3.8) is 0 Å². The van der Waals surface area contributed by atoms with Crippen molar-refractivity contribution in [2.45, 2.75) is 43.9 Å². The second-order valence-corrected chi connectivity index (χ2v) is 6.27. The molecule has 6 nitrogen and oxygen atoms in total. The maximum Gasteiger partial charge on any atom is 0.230 e. The van der Waals surface area contributed by atoms with Gasteiger partial charge in [-0.05, 0) is 31.4 Å². The first kappa shape index (κ1) is 15.0. The van der Waals surface area contributed by atoms with E-state index in [9.17, 15) is 4.79 Å². The largest absolute Gasteiger partial charge is 0.353 e. The molecule has 1 aliphatic carbocycles. The van der Waals surface area contributed by atoms with E-state index in [0.717, 1.165) is 42.4 Å². The van der Waals surface area contributed by atoms with Gasteiger partial charge in [-0.1, -0.05) is 18.7 Å². The molecule has 2 aromatic heterocycles. The van der Waals surface area contributed by atoms with E-state index in [-0.39, 0.29) is 5.91 Å². The highest BCUT2D eigenvalue weighted by Gasteiger charge is 2.23. The molecule has 22 heavy (non-hydrogen) atoms. The summed E-state index contributed by atoms with van der Waals surface area (Å²) in [6.07, 6.45) is 6.71. The van der Waals surface area contributed by atoms with Gasteiger partial charge in [-0.15, -0.1) is 10.2 Å². The van der Waals surface area contributed by atoms with Crippen LogP contribution in [-0.2, 0) is 11.3 Å². The minimum atomic E-state index is 0.0708. The minimum absolute atomic E-state index is 0.0708. The third-order valence-electron chi connectivity index (χ3n) is 3.36. The number of carbonyl (C=O) groups is 1. The molecule has 0 aliphatic heterocycles. The second-order valence-electron chi connectivity index (χ2n) is 5.33. The van der Waals surface area contributed by atoms with Crippen LogP contribution in [0.1, 0.15) is 26.2 Å².